The second-order valence-electron chi connectivity index (χ2n) is 6.02. The molecule has 0 fully saturated rings. The molecular weight excluding hydrogens is 364 g/mol. The first-order chi connectivity index (χ1) is 14.3. The Balaban J connectivity index is -0.000000340. The fraction of sp³-hybridized carbons (Fsp3) is 0.500. The van der Waals surface area contributed by atoms with E-state index in [2.05, 4.69) is 61.1 Å². The van der Waals surface area contributed by atoms with Gasteiger partial charge in [-0.3, -0.25) is 0 Å². The smallest absolute Gasteiger partial charge is 0.116 e. The zero-order valence-corrected chi connectivity index (χ0v) is 20.0. The number of unbranched alkanes of at least 4 members (excludes halogenated alkanes) is 3. The molecule has 0 aliphatic carbocycles. The van der Waals surface area contributed by atoms with E-state index in [4.69, 9.17) is 0 Å². The average Bonchev–Trinajstić information content (AvgIpc) is 2.82. The van der Waals surface area contributed by atoms with Crippen molar-refractivity contribution in [1.82, 2.24) is 9.97 Å². The molecule has 2 aromatic carbocycles. The number of rotatable bonds is 5. The minimum Gasteiger partial charge on any atom is -0.244 e. The molecular formula is C28H48N2. The van der Waals surface area contributed by atoms with Gasteiger partial charge in [0.05, 0.1) is 5.52 Å². The molecule has 2 nitrogen and oxygen atoms in total. The SMILES string of the molecule is C.CC.CC.CCCCCC.CCCc1ccccc1.c1ccc2ncncc2c1. The van der Waals surface area contributed by atoms with Crippen LogP contribution in [0.5, 0.6) is 0 Å². The van der Waals surface area contributed by atoms with Gasteiger partial charge >= 0.3 is 0 Å². The van der Waals surface area contributed by atoms with Gasteiger partial charge in [0.1, 0.15) is 6.33 Å². The van der Waals surface area contributed by atoms with E-state index in [0.717, 1.165) is 10.9 Å². The van der Waals surface area contributed by atoms with Crippen LogP contribution in [0.15, 0.2) is 67.1 Å². The van der Waals surface area contributed by atoms with Gasteiger partial charge in [0, 0.05) is 11.6 Å². The molecule has 0 radical (unpaired) electrons. The summed E-state index contributed by atoms with van der Waals surface area (Å²) < 4.78 is 0. The summed E-state index contributed by atoms with van der Waals surface area (Å²) in [5.41, 5.74) is 2.44. The number of aromatic nitrogens is 2. The monoisotopic (exact) mass is 412 g/mol. The highest BCUT2D eigenvalue weighted by Gasteiger charge is 1.87. The predicted molar refractivity (Wildman–Crippen MR) is 139 cm³/mol. The van der Waals surface area contributed by atoms with Crippen LogP contribution in [0.3, 0.4) is 0 Å². The Hall–Kier alpha value is -2.22. The van der Waals surface area contributed by atoms with E-state index >= 15 is 0 Å². The minimum atomic E-state index is 0. The fourth-order valence-electron chi connectivity index (χ4n) is 2.36. The van der Waals surface area contributed by atoms with Gasteiger partial charge in [-0.1, -0.05) is 137 Å². The number of nitrogens with zero attached hydrogens (tertiary/aromatic N) is 2. The zero-order chi connectivity index (χ0) is 22.2. The van der Waals surface area contributed by atoms with Gasteiger partial charge < -0.3 is 0 Å². The highest BCUT2D eigenvalue weighted by molar-refractivity contribution is 5.76. The van der Waals surface area contributed by atoms with Crippen LogP contribution < -0.4 is 0 Å². The molecule has 0 aliphatic heterocycles. The van der Waals surface area contributed by atoms with Crippen molar-refractivity contribution < 1.29 is 0 Å². The highest BCUT2D eigenvalue weighted by atomic mass is 14.8. The van der Waals surface area contributed by atoms with Crippen molar-refractivity contribution in [2.75, 3.05) is 0 Å². The van der Waals surface area contributed by atoms with Gasteiger partial charge in [-0.05, 0) is 18.1 Å². The third kappa shape index (κ3) is 17.8. The Bertz CT molecular complexity index is 596. The number of aryl methyl sites for hydroxylation is 1. The zero-order valence-electron chi connectivity index (χ0n) is 20.0. The van der Waals surface area contributed by atoms with E-state index in [1.54, 1.807) is 6.33 Å². The van der Waals surface area contributed by atoms with Crippen molar-refractivity contribution >= 4 is 10.9 Å². The second kappa shape index (κ2) is 26.8. The molecule has 1 heterocycles. The normalized spacial score (nSPS) is 8.37. The number of hydrogen-bond acceptors (Lipinski definition) is 2. The molecule has 0 atom stereocenters. The molecule has 0 unspecified atom stereocenters. The van der Waals surface area contributed by atoms with Crippen molar-refractivity contribution in [3.8, 4) is 0 Å². The van der Waals surface area contributed by atoms with Crippen molar-refractivity contribution in [2.24, 2.45) is 0 Å². The maximum absolute atomic E-state index is 4.07. The van der Waals surface area contributed by atoms with Gasteiger partial charge in [-0.25, -0.2) is 9.97 Å². The summed E-state index contributed by atoms with van der Waals surface area (Å²) in [5.74, 6) is 0. The molecule has 0 amide bonds. The molecule has 0 saturated carbocycles. The Labute approximate surface area is 188 Å². The maximum Gasteiger partial charge on any atom is 0.116 e. The molecule has 1 aromatic heterocycles. The first-order valence-electron chi connectivity index (χ1n) is 11.5. The molecule has 0 spiro atoms. The Morgan fingerprint density at radius 1 is 0.667 bits per heavy atom. The van der Waals surface area contributed by atoms with E-state index in [-0.39, 0.29) is 7.43 Å². The van der Waals surface area contributed by atoms with Crippen molar-refractivity contribution in [2.45, 2.75) is 94.4 Å². The lowest BCUT2D eigenvalue weighted by atomic mass is 10.1. The van der Waals surface area contributed by atoms with Crippen LogP contribution in [-0.2, 0) is 6.42 Å². The van der Waals surface area contributed by atoms with Crippen LogP contribution in [0.4, 0.5) is 0 Å². The Morgan fingerprint density at radius 3 is 1.70 bits per heavy atom. The summed E-state index contributed by atoms with van der Waals surface area (Å²) in [6, 6.07) is 18.5. The van der Waals surface area contributed by atoms with E-state index in [1.807, 2.05) is 58.2 Å². The van der Waals surface area contributed by atoms with E-state index in [0.29, 0.717) is 0 Å². The standard InChI is InChI=1S/C9H12.C8H6N2.C6H14.2C2H6.CH4/c1-2-6-9-7-4-3-5-8-9;1-2-4-8-7(3-1)5-9-6-10-8;1-3-5-6-4-2;2*1-2;/h3-5,7-8H,2,6H2,1H3;1-6H;3-6H2,1-2H3;2*1-2H3;1H4. The molecule has 0 saturated heterocycles. The largest absolute Gasteiger partial charge is 0.244 e. The molecule has 3 aromatic rings. The maximum atomic E-state index is 4.07. The molecule has 0 N–H and O–H groups in total. The predicted octanol–water partition coefficient (Wildman–Crippen LogP) is 9.54. The lowest BCUT2D eigenvalue weighted by Crippen LogP contribution is -1.78. The first kappa shape index (κ1) is 32.4. The van der Waals surface area contributed by atoms with Crippen LogP contribution in [0.1, 0.15) is 93.6 Å². The van der Waals surface area contributed by atoms with Gasteiger partial charge in [0.2, 0.25) is 0 Å². The molecule has 30 heavy (non-hydrogen) atoms. The fourth-order valence-corrected chi connectivity index (χ4v) is 2.36. The summed E-state index contributed by atoms with van der Waals surface area (Å²) in [7, 11) is 0. The average molecular weight is 413 g/mol. The lowest BCUT2D eigenvalue weighted by molar-refractivity contribution is 0.702. The highest BCUT2D eigenvalue weighted by Crippen LogP contribution is 2.06. The molecule has 2 heteroatoms. The molecule has 0 bridgehead atoms. The Kier molecular flexibility index (Phi) is 29.0. The quantitative estimate of drug-likeness (QED) is 0.390. The summed E-state index contributed by atoms with van der Waals surface area (Å²) in [5, 5.41) is 1.09. The minimum absolute atomic E-state index is 0. The van der Waals surface area contributed by atoms with Gasteiger partial charge in [-0.15, -0.1) is 0 Å². The van der Waals surface area contributed by atoms with E-state index < -0.39 is 0 Å². The number of benzene rings is 2. The summed E-state index contributed by atoms with van der Waals surface area (Å²) in [6.45, 7) is 14.7. The van der Waals surface area contributed by atoms with Gasteiger partial charge in [-0.2, -0.15) is 0 Å². The van der Waals surface area contributed by atoms with Crippen LogP contribution in [0.2, 0.25) is 0 Å². The molecule has 170 valence electrons. The van der Waals surface area contributed by atoms with Crippen LogP contribution in [0, 0.1) is 0 Å². The summed E-state index contributed by atoms with van der Waals surface area (Å²) >= 11 is 0. The second-order valence-corrected chi connectivity index (χ2v) is 6.02. The Morgan fingerprint density at radius 2 is 1.20 bits per heavy atom. The van der Waals surface area contributed by atoms with E-state index in [9.17, 15) is 0 Å². The first-order valence-corrected chi connectivity index (χ1v) is 11.5. The van der Waals surface area contributed by atoms with Crippen LogP contribution in [0.25, 0.3) is 10.9 Å². The lowest BCUT2D eigenvalue weighted by Gasteiger charge is -1.93. The summed E-state index contributed by atoms with van der Waals surface area (Å²) in [6.07, 6.45) is 11.4. The van der Waals surface area contributed by atoms with Crippen molar-refractivity contribution in [3.05, 3.63) is 72.7 Å². The number of fused-ring (bicyclic) bond motifs is 1. The molecule has 3 rings (SSSR count). The van der Waals surface area contributed by atoms with Crippen molar-refractivity contribution in [3.63, 3.8) is 0 Å². The van der Waals surface area contributed by atoms with Gasteiger partial charge in [0.15, 0.2) is 0 Å². The molecule has 0 aliphatic rings. The van der Waals surface area contributed by atoms with Crippen LogP contribution in [-0.4, -0.2) is 9.97 Å². The third-order valence-corrected chi connectivity index (χ3v) is 3.75. The topological polar surface area (TPSA) is 25.8 Å². The summed E-state index contributed by atoms with van der Waals surface area (Å²) in [4.78, 5) is 7.97. The number of hydrogen-bond donors (Lipinski definition) is 0. The van der Waals surface area contributed by atoms with Crippen LogP contribution >= 0.6 is 0 Å². The number of para-hydroxylation sites is 1. The van der Waals surface area contributed by atoms with Crippen molar-refractivity contribution in [1.29, 1.82) is 0 Å². The van der Waals surface area contributed by atoms with E-state index in [1.165, 1.54) is 44.1 Å². The van der Waals surface area contributed by atoms with Gasteiger partial charge in [0.25, 0.3) is 0 Å². The third-order valence-electron chi connectivity index (χ3n) is 3.75.